The number of benzene rings is 1. The molecule has 0 bridgehead atoms. The average molecular weight is 387 g/mol. The second kappa shape index (κ2) is 8.77. The van der Waals surface area contributed by atoms with Crippen LogP contribution in [0.4, 0.5) is 4.79 Å². The molecule has 0 fully saturated rings. The molecule has 27 heavy (non-hydrogen) atoms. The first-order valence-electron chi connectivity index (χ1n) is 8.84. The number of aromatic nitrogens is 2. The van der Waals surface area contributed by atoms with E-state index < -0.39 is 0 Å². The Morgan fingerprint density at radius 3 is 2.78 bits per heavy atom. The van der Waals surface area contributed by atoms with Gasteiger partial charge >= 0.3 is 6.03 Å². The van der Waals surface area contributed by atoms with E-state index in [1.54, 1.807) is 17.4 Å². The molecule has 2 heterocycles. The van der Waals surface area contributed by atoms with E-state index in [9.17, 15) is 4.79 Å². The number of rotatable bonds is 7. The van der Waals surface area contributed by atoms with E-state index in [1.165, 1.54) is 0 Å². The maximum atomic E-state index is 12.6. The first kappa shape index (κ1) is 19.0. The molecule has 3 rings (SSSR count). The number of urea groups is 1. The lowest BCUT2D eigenvalue weighted by molar-refractivity contribution is 0.182. The molecule has 0 aliphatic heterocycles. The van der Waals surface area contributed by atoms with Crippen LogP contribution in [0.5, 0.6) is 0 Å². The molecule has 0 radical (unpaired) electrons. The van der Waals surface area contributed by atoms with Gasteiger partial charge in [-0.05, 0) is 37.6 Å². The molecule has 0 spiro atoms. The standard InChI is InChI=1S/C20H23ClN4O2/c1-15(2)23-20(26)25(13-17-7-5-11-27-17)14-19-22-9-10-24(19)12-16-6-3-4-8-18(16)21/h3-11,15H,12-14H2,1-2H3,(H,23,26). The zero-order chi connectivity index (χ0) is 19.2. The summed E-state index contributed by atoms with van der Waals surface area (Å²) in [5.41, 5.74) is 1.00. The van der Waals surface area contributed by atoms with Crippen molar-refractivity contribution >= 4 is 17.6 Å². The fourth-order valence-corrected chi connectivity index (χ4v) is 2.94. The van der Waals surface area contributed by atoms with Crippen LogP contribution >= 0.6 is 11.6 Å². The summed E-state index contributed by atoms with van der Waals surface area (Å²) in [7, 11) is 0. The van der Waals surface area contributed by atoms with Gasteiger partial charge < -0.3 is 19.2 Å². The van der Waals surface area contributed by atoms with Gasteiger partial charge in [0.05, 0.1) is 25.9 Å². The van der Waals surface area contributed by atoms with Crippen LogP contribution in [0, 0.1) is 0 Å². The molecular weight excluding hydrogens is 364 g/mol. The summed E-state index contributed by atoms with van der Waals surface area (Å²) >= 11 is 6.28. The number of hydrogen-bond donors (Lipinski definition) is 1. The molecule has 1 N–H and O–H groups in total. The molecule has 0 saturated heterocycles. The highest BCUT2D eigenvalue weighted by Crippen LogP contribution is 2.18. The molecule has 0 atom stereocenters. The van der Waals surface area contributed by atoms with Crippen LogP contribution in [0.15, 0.2) is 59.5 Å². The van der Waals surface area contributed by atoms with Crippen molar-refractivity contribution in [3.63, 3.8) is 0 Å². The van der Waals surface area contributed by atoms with Crippen molar-refractivity contribution in [2.45, 2.75) is 39.5 Å². The second-order valence-electron chi connectivity index (χ2n) is 6.60. The maximum Gasteiger partial charge on any atom is 0.318 e. The summed E-state index contributed by atoms with van der Waals surface area (Å²) in [6.07, 6.45) is 5.23. The fraction of sp³-hybridized carbons (Fsp3) is 0.300. The minimum absolute atomic E-state index is 0.0412. The number of hydrogen-bond acceptors (Lipinski definition) is 3. The molecule has 6 nitrogen and oxygen atoms in total. The molecular formula is C20H23ClN4O2. The Balaban J connectivity index is 1.78. The van der Waals surface area contributed by atoms with E-state index in [2.05, 4.69) is 10.3 Å². The van der Waals surface area contributed by atoms with Gasteiger partial charge in [-0.3, -0.25) is 0 Å². The van der Waals surface area contributed by atoms with Crippen LogP contribution in [0.1, 0.15) is 31.0 Å². The third-order valence-electron chi connectivity index (χ3n) is 4.06. The van der Waals surface area contributed by atoms with Gasteiger partial charge in [-0.1, -0.05) is 29.8 Å². The Hall–Kier alpha value is -2.73. The predicted octanol–water partition coefficient (Wildman–Crippen LogP) is 4.30. The van der Waals surface area contributed by atoms with E-state index in [1.807, 2.05) is 61.0 Å². The van der Waals surface area contributed by atoms with Crippen LogP contribution in [0.2, 0.25) is 5.02 Å². The summed E-state index contributed by atoms with van der Waals surface area (Å²) in [5.74, 6) is 1.50. The smallest absolute Gasteiger partial charge is 0.318 e. The van der Waals surface area contributed by atoms with E-state index in [-0.39, 0.29) is 12.1 Å². The lowest BCUT2D eigenvalue weighted by Crippen LogP contribution is -2.42. The monoisotopic (exact) mass is 386 g/mol. The zero-order valence-electron chi connectivity index (χ0n) is 15.4. The SMILES string of the molecule is CC(C)NC(=O)N(Cc1ccco1)Cc1nccn1Cc1ccccc1Cl. The number of carbonyl (C=O) groups excluding carboxylic acids is 1. The molecule has 3 aromatic rings. The molecule has 0 unspecified atom stereocenters. The summed E-state index contributed by atoms with van der Waals surface area (Å²) in [6.45, 7) is 5.18. The highest BCUT2D eigenvalue weighted by molar-refractivity contribution is 6.31. The van der Waals surface area contributed by atoms with Crippen LogP contribution < -0.4 is 5.32 Å². The Morgan fingerprint density at radius 1 is 1.26 bits per heavy atom. The van der Waals surface area contributed by atoms with Crippen LogP contribution in [0.3, 0.4) is 0 Å². The molecule has 0 aliphatic carbocycles. The first-order valence-corrected chi connectivity index (χ1v) is 9.22. The summed E-state index contributed by atoms with van der Waals surface area (Å²) in [5, 5.41) is 3.64. The molecule has 2 amide bonds. The number of nitrogens with one attached hydrogen (secondary N) is 1. The van der Waals surface area contributed by atoms with Gasteiger partial charge in [0.15, 0.2) is 0 Å². The van der Waals surface area contributed by atoms with Crippen molar-refractivity contribution in [1.82, 2.24) is 19.8 Å². The highest BCUT2D eigenvalue weighted by Gasteiger charge is 2.19. The number of furan rings is 1. The molecule has 7 heteroatoms. The third kappa shape index (κ3) is 5.14. The third-order valence-corrected chi connectivity index (χ3v) is 4.43. The Kier molecular flexibility index (Phi) is 6.19. The molecule has 0 saturated carbocycles. The number of nitrogens with zero attached hydrogens (tertiary/aromatic N) is 3. The summed E-state index contributed by atoms with van der Waals surface area (Å²) in [6, 6.07) is 11.3. The van der Waals surface area contributed by atoms with Crippen LogP contribution in [0.25, 0.3) is 0 Å². The molecule has 0 aliphatic rings. The van der Waals surface area contributed by atoms with E-state index in [4.69, 9.17) is 16.0 Å². The van der Waals surface area contributed by atoms with Crippen LogP contribution in [-0.2, 0) is 19.6 Å². The van der Waals surface area contributed by atoms with Gasteiger partial charge in [-0.2, -0.15) is 0 Å². The van der Waals surface area contributed by atoms with Gasteiger partial charge in [0.1, 0.15) is 11.6 Å². The van der Waals surface area contributed by atoms with E-state index in [0.29, 0.717) is 24.7 Å². The van der Waals surface area contributed by atoms with Crippen molar-refractivity contribution < 1.29 is 9.21 Å². The summed E-state index contributed by atoms with van der Waals surface area (Å²) in [4.78, 5) is 18.8. The van der Waals surface area contributed by atoms with Crippen molar-refractivity contribution in [3.05, 3.63) is 77.2 Å². The number of amides is 2. The largest absolute Gasteiger partial charge is 0.467 e. The van der Waals surface area contributed by atoms with Crippen molar-refractivity contribution in [3.8, 4) is 0 Å². The Morgan fingerprint density at radius 2 is 2.07 bits per heavy atom. The first-order chi connectivity index (χ1) is 13.0. The number of imidazole rings is 1. The maximum absolute atomic E-state index is 12.6. The quantitative estimate of drug-likeness (QED) is 0.658. The molecule has 142 valence electrons. The lowest BCUT2D eigenvalue weighted by Gasteiger charge is -2.23. The second-order valence-corrected chi connectivity index (χ2v) is 7.01. The average Bonchev–Trinajstić information content (AvgIpc) is 3.28. The van der Waals surface area contributed by atoms with E-state index >= 15 is 0 Å². The van der Waals surface area contributed by atoms with Crippen molar-refractivity contribution in [2.75, 3.05) is 0 Å². The van der Waals surface area contributed by atoms with Gasteiger partial charge in [0.25, 0.3) is 0 Å². The number of carbonyl (C=O) groups is 1. The molecule has 1 aromatic carbocycles. The molecule has 2 aromatic heterocycles. The highest BCUT2D eigenvalue weighted by atomic mass is 35.5. The van der Waals surface area contributed by atoms with Gasteiger partial charge in [-0.25, -0.2) is 9.78 Å². The predicted molar refractivity (Wildman–Crippen MR) is 104 cm³/mol. The van der Waals surface area contributed by atoms with Gasteiger partial charge in [-0.15, -0.1) is 0 Å². The zero-order valence-corrected chi connectivity index (χ0v) is 16.2. The fourth-order valence-electron chi connectivity index (χ4n) is 2.74. The normalized spacial score (nSPS) is 11.0. The lowest BCUT2D eigenvalue weighted by atomic mass is 10.2. The van der Waals surface area contributed by atoms with Gasteiger partial charge in [0, 0.05) is 23.5 Å². The Labute approximate surface area is 163 Å². The minimum atomic E-state index is -0.159. The van der Waals surface area contributed by atoms with Crippen molar-refractivity contribution in [2.24, 2.45) is 0 Å². The number of halogens is 1. The summed E-state index contributed by atoms with van der Waals surface area (Å²) < 4.78 is 7.41. The van der Waals surface area contributed by atoms with Gasteiger partial charge in [0.2, 0.25) is 0 Å². The topological polar surface area (TPSA) is 63.3 Å². The minimum Gasteiger partial charge on any atom is -0.467 e. The van der Waals surface area contributed by atoms with E-state index in [0.717, 1.165) is 17.1 Å². The van der Waals surface area contributed by atoms with Crippen molar-refractivity contribution in [1.29, 1.82) is 0 Å². The Bertz CT molecular complexity index is 874. The van der Waals surface area contributed by atoms with Crippen LogP contribution in [-0.4, -0.2) is 26.5 Å².